The van der Waals surface area contributed by atoms with Crippen LogP contribution in [0.4, 0.5) is 0 Å². The molecule has 0 amide bonds. The minimum absolute atomic E-state index is 0.468. The normalized spacial score (nSPS) is 26.4. The molecule has 0 aliphatic heterocycles. The highest BCUT2D eigenvalue weighted by molar-refractivity contribution is 6.52. The monoisotopic (exact) mass is 464 g/mol. The van der Waals surface area contributed by atoms with Crippen LogP contribution in [0.5, 0.6) is 0 Å². The van der Waals surface area contributed by atoms with Gasteiger partial charge in [-0.2, -0.15) is 20.0 Å². The first-order chi connectivity index (χ1) is 13.4. The molecule has 0 N–H and O–H groups in total. The molecular weight excluding hydrogens is 454 g/mol. The first-order valence-corrected chi connectivity index (χ1v) is 9.37. The summed E-state index contributed by atoms with van der Waals surface area (Å²) in [4.78, 5) is 55.6. The zero-order chi connectivity index (χ0) is 21.2. The van der Waals surface area contributed by atoms with Crippen LogP contribution in [0.25, 0.3) is 0 Å². The number of hydrogen-bond acceptors (Lipinski definition) is 8. The molecule has 0 heterocycles. The Morgan fingerprint density at radius 2 is 0.750 bits per heavy atom. The molecule has 0 atom stereocenters. The summed E-state index contributed by atoms with van der Waals surface area (Å²) in [5.41, 5.74) is -5.28. The quantitative estimate of drug-likeness (QED) is 0.449. The fourth-order valence-electron chi connectivity index (χ4n) is 2.69. The highest BCUT2D eigenvalue weighted by Gasteiger charge is 2.63. The van der Waals surface area contributed by atoms with E-state index in [0.29, 0.717) is 0 Å². The van der Waals surface area contributed by atoms with Crippen LogP contribution in [-0.4, -0.2) is 35.6 Å². The van der Waals surface area contributed by atoms with Gasteiger partial charge in [0.1, 0.15) is 0 Å². The van der Waals surface area contributed by atoms with E-state index in [1.54, 1.807) is 0 Å². The van der Waals surface area contributed by atoms with Crippen LogP contribution in [-0.2, 0) is 19.2 Å². The maximum Gasteiger partial charge on any atom is 0.262 e. The summed E-state index contributed by atoms with van der Waals surface area (Å²) in [7, 11) is 0. The zero-order valence-corrected chi connectivity index (χ0v) is 17.2. The Bertz CT molecular complexity index is 758. The molecule has 1 saturated carbocycles. The highest BCUT2D eigenvalue weighted by atomic mass is 35.5. The van der Waals surface area contributed by atoms with Crippen molar-refractivity contribution in [3.8, 4) is 0 Å². The predicted molar refractivity (Wildman–Crippen MR) is 103 cm³/mol. The van der Waals surface area contributed by atoms with Crippen molar-refractivity contribution in [1.29, 1.82) is 0 Å². The number of allylic oxidation sites excluding steroid dienone is 2. The maximum absolute atomic E-state index is 10.7. The van der Waals surface area contributed by atoms with E-state index in [1.165, 1.54) is 38.5 Å². The second-order valence-electron chi connectivity index (χ2n) is 5.53. The molecule has 0 radical (unpaired) electrons. The molecule has 148 valence electrons. The Morgan fingerprint density at radius 3 is 0.929 bits per heavy atom. The van der Waals surface area contributed by atoms with Crippen LogP contribution < -0.4 is 0 Å². The van der Waals surface area contributed by atoms with Crippen molar-refractivity contribution in [2.45, 2.75) is 49.9 Å². The lowest BCUT2D eigenvalue weighted by atomic mass is 9.88. The van der Waals surface area contributed by atoms with Crippen molar-refractivity contribution in [2.75, 3.05) is 0 Å². The summed E-state index contributed by atoms with van der Waals surface area (Å²) in [6.45, 7) is 0. The Hall–Kier alpha value is -1.84. The molecule has 2 rings (SSSR count). The number of carbonyl (C=O) groups excluding carboxylic acids is 4. The lowest BCUT2D eigenvalue weighted by Gasteiger charge is -2.38. The summed E-state index contributed by atoms with van der Waals surface area (Å²) in [5, 5.41) is -2.28. The molecule has 2 aliphatic carbocycles. The maximum atomic E-state index is 10.7. The third-order valence-electron chi connectivity index (χ3n) is 4.01. The Kier molecular flexibility index (Phi) is 9.71. The average Bonchev–Trinajstić information content (AvgIpc) is 2.72. The molecule has 0 bridgehead atoms. The first kappa shape index (κ1) is 24.2. The molecule has 0 aromatic rings. The van der Waals surface area contributed by atoms with Gasteiger partial charge in [-0.05, 0) is 0 Å². The van der Waals surface area contributed by atoms with Crippen molar-refractivity contribution >= 4 is 70.7 Å². The molecule has 1 fully saturated rings. The van der Waals surface area contributed by atoms with Gasteiger partial charge >= 0.3 is 0 Å². The van der Waals surface area contributed by atoms with Crippen LogP contribution in [0.15, 0.2) is 40.1 Å². The summed E-state index contributed by atoms with van der Waals surface area (Å²) >= 11 is 23.4. The lowest BCUT2D eigenvalue weighted by Crippen LogP contribution is -2.52. The highest BCUT2D eigenvalue weighted by Crippen LogP contribution is 2.54. The molecular formula is C16H12Cl4N4O4. The van der Waals surface area contributed by atoms with Gasteiger partial charge in [-0.1, -0.05) is 84.9 Å². The van der Waals surface area contributed by atoms with Gasteiger partial charge in [-0.3, -0.25) is 0 Å². The summed E-state index contributed by atoms with van der Waals surface area (Å²) in [6.07, 6.45) is 13.2. The van der Waals surface area contributed by atoms with Crippen molar-refractivity contribution in [3.63, 3.8) is 0 Å². The van der Waals surface area contributed by atoms with Crippen molar-refractivity contribution in [1.82, 2.24) is 0 Å². The van der Waals surface area contributed by atoms with E-state index in [4.69, 9.17) is 46.4 Å². The van der Waals surface area contributed by atoms with Crippen LogP contribution >= 0.6 is 46.4 Å². The van der Waals surface area contributed by atoms with E-state index in [-0.39, 0.29) is 0 Å². The molecule has 28 heavy (non-hydrogen) atoms. The van der Waals surface area contributed by atoms with Crippen LogP contribution in [0.2, 0.25) is 0 Å². The lowest BCUT2D eigenvalue weighted by molar-refractivity contribution is 0.337. The Morgan fingerprint density at radius 1 is 0.536 bits per heavy atom. The number of isocyanates is 4. The van der Waals surface area contributed by atoms with Crippen LogP contribution in [0.1, 0.15) is 38.5 Å². The van der Waals surface area contributed by atoms with Crippen molar-refractivity contribution in [2.24, 2.45) is 20.0 Å². The number of nitrogens with zero attached hydrogens (tertiary/aromatic N) is 4. The van der Waals surface area contributed by atoms with Gasteiger partial charge in [0.15, 0.2) is 0 Å². The van der Waals surface area contributed by atoms with Gasteiger partial charge in [0.05, 0.1) is 20.1 Å². The molecule has 12 heteroatoms. The van der Waals surface area contributed by atoms with Gasteiger partial charge < -0.3 is 0 Å². The fourth-order valence-corrected chi connectivity index (χ4v) is 3.86. The molecule has 0 aromatic carbocycles. The van der Waals surface area contributed by atoms with E-state index in [1.807, 2.05) is 0 Å². The van der Waals surface area contributed by atoms with Crippen LogP contribution in [0, 0.1) is 0 Å². The Balaban J connectivity index is 0.000000552. The van der Waals surface area contributed by atoms with E-state index in [2.05, 4.69) is 20.0 Å². The van der Waals surface area contributed by atoms with E-state index in [0.717, 1.165) is 24.3 Å². The zero-order valence-electron chi connectivity index (χ0n) is 14.2. The van der Waals surface area contributed by atoms with Gasteiger partial charge in [0, 0.05) is 0 Å². The molecule has 2 aliphatic rings. The SMILES string of the molecule is C1CCCCC1.O=C=NC1(N=C=O)C(Cl)=C(Cl)C(Cl)=C(Cl)C1(N=C=O)N=C=O. The van der Waals surface area contributed by atoms with Gasteiger partial charge in [-0.25, -0.2) is 19.2 Å². The molecule has 0 unspecified atom stereocenters. The standard InChI is InChI=1S/C10Cl4N4O4.C6H12/c11-5-6(12)8(14)10(17-3-21,18-4-22)9(7(5)13,15-1-19)16-2-20;1-2-4-6-5-3-1/h;1-6H2. The van der Waals surface area contributed by atoms with Gasteiger partial charge in [0.25, 0.3) is 11.3 Å². The number of rotatable bonds is 4. The van der Waals surface area contributed by atoms with Gasteiger partial charge in [-0.15, -0.1) is 0 Å². The molecule has 8 nitrogen and oxygen atoms in total. The summed E-state index contributed by atoms with van der Waals surface area (Å²) in [5.74, 6) is 0. The third kappa shape index (κ3) is 4.59. The smallest absolute Gasteiger partial charge is 0.211 e. The fraction of sp³-hybridized carbons (Fsp3) is 0.500. The number of hydrogen-bond donors (Lipinski definition) is 0. The summed E-state index contributed by atoms with van der Waals surface area (Å²) < 4.78 is 0. The van der Waals surface area contributed by atoms with Crippen molar-refractivity contribution < 1.29 is 19.2 Å². The second kappa shape index (κ2) is 11.2. The average molecular weight is 466 g/mol. The van der Waals surface area contributed by atoms with E-state index >= 15 is 0 Å². The molecule has 0 aromatic heterocycles. The molecule has 0 spiro atoms. The minimum Gasteiger partial charge on any atom is -0.211 e. The van der Waals surface area contributed by atoms with Gasteiger partial charge in [0.2, 0.25) is 24.3 Å². The third-order valence-corrected chi connectivity index (χ3v) is 5.96. The predicted octanol–water partition coefficient (Wildman–Crippen LogP) is 4.45. The number of halogens is 4. The second-order valence-corrected chi connectivity index (χ2v) is 7.05. The summed E-state index contributed by atoms with van der Waals surface area (Å²) in [6, 6.07) is 0. The largest absolute Gasteiger partial charge is 0.262 e. The van der Waals surface area contributed by atoms with E-state index < -0.39 is 31.5 Å². The minimum atomic E-state index is -2.64. The Labute approximate surface area is 179 Å². The molecule has 0 saturated heterocycles. The van der Waals surface area contributed by atoms with Crippen molar-refractivity contribution in [3.05, 3.63) is 20.1 Å². The number of aliphatic imine (C=N–C) groups is 4. The van der Waals surface area contributed by atoms with Crippen LogP contribution in [0.3, 0.4) is 0 Å². The van der Waals surface area contributed by atoms with E-state index in [9.17, 15) is 19.2 Å². The topological polar surface area (TPSA) is 118 Å². The first-order valence-electron chi connectivity index (χ1n) is 7.86.